The quantitative estimate of drug-likeness (QED) is 0.776. The number of benzene rings is 2. The molecule has 0 spiro atoms. The van der Waals surface area contributed by atoms with Crippen molar-refractivity contribution >= 4 is 28.4 Å². The number of carbonyl (C=O) groups excluding carboxylic acids is 2. The van der Waals surface area contributed by atoms with Crippen LogP contribution in [0, 0.1) is 0 Å². The minimum atomic E-state index is -0.662. The number of pyridine rings is 1. The fourth-order valence-electron chi connectivity index (χ4n) is 2.39. The van der Waals surface area contributed by atoms with E-state index in [1.807, 2.05) is 36.4 Å². The van der Waals surface area contributed by atoms with E-state index < -0.39 is 6.04 Å². The van der Waals surface area contributed by atoms with E-state index in [2.05, 4.69) is 15.6 Å². The third-order valence-electron chi connectivity index (χ3n) is 3.68. The highest BCUT2D eigenvalue weighted by Crippen LogP contribution is 2.21. The van der Waals surface area contributed by atoms with Gasteiger partial charge < -0.3 is 10.6 Å². The monoisotopic (exact) mass is 319 g/mol. The summed E-state index contributed by atoms with van der Waals surface area (Å²) >= 11 is 0. The number of fused-ring (bicyclic) bond motifs is 1. The van der Waals surface area contributed by atoms with E-state index >= 15 is 0 Å². The first-order valence-electron chi connectivity index (χ1n) is 7.65. The molecule has 1 aromatic heterocycles. The van der Waals surface area contributed by atoms with Gasteiger partial charge in [0.25, 0.3) is 5.91 Å². The summed E-state index contributed by atoms with van der Waals surface area (Å²) in [5.74, 6) is -0.562. The number of anilines is 1. The SMILES string of the molecule is CC(NC(=O)c1ccccc1)C(=O)Nc1cccc2ncccc12. The molecule has 0 aliphatic rings. The smallest absolute Gasteiger partial charge is 0.251 e. The first-order valence-corrected chi connectivity index (χ1v) is 7.65. The van der Waals surface area contributed by atoms with Crippen molar-refractivity contribution in [3.8, 4) is 0 Å². The first-order chi connectivity index (χ1) is 11.6. The zero-order valence-corrected chi connectivity index (χ0v) is 13.2. The lowest BCUT2D eigenvalue weighted by Crippen LogP contribution is -2.41. The fraction of sp³-hybridized carbons (Fsp3) is 0.105. The molecule has 0 aliphatic heterocycles. The van der Waals surface area contributed by atoms with Gasteiger partial charge in [0.1, 0.15) is 6.04 Å². The van der Waals surface area contributed by atoms with Crippen molar-refractivity contribution in [2.24, 2.45) is 0 Å². The second-order valence-electron chi connectivity index (χ2n) is 5.43. The lowest BCUT2D eigenvalue weighted by molar-refractivity contribution is -0.117. The van der Waals surface area contributed by atoms with E-state index in [9.17, 15) is 9.59 Å². The van der Waals surface area contributed by atoms with E-state index in [1.165, 1.54) is 0 Å². The Kier molecular flexibility index (Phi) is 4.52. The fourth-order valence-corrected chi connectivity index (χ4v) is 2.39. The highest BCUT2D eigenvalue weighted by Gasteiger charge is 2.17. The average Bonchev–Trinajstić information content (AvgIpc) is 2.62. The maximum atomic E-state index is 12.4. The number of carbonyl (C=O) groups is 2. The molecule has 1 atom stereocenters. The van der Waals surface area contributed by atoms with Gasteiger partial charge in [-0.25, -0.2) is 0 Å². The zero-order valence-electron chi connectivity index (χ0n) is 13.2. The van der Waals surface area contributed by atoms with Crippen LogP contribution in [0.2, 0.25) is 0 Å². The zero-order chi connectivity index (χ0) is 16.9. The number of nitrogens with zero attached hydrogens (tertiary/aromatic N) is 1. The molecule has 1 heterocycles. The van der Waals surface area contributed by atoms with Gasteiger partial charge in [-0.05, 0) is 43.3 Å². The van der Waals surface area contributed by atoms with Gasteiger partial charge in [-0.2, -0.15) is 0 Å². The highest BCUT2D eigenvalue weighted by molar-refractivity contribution is 6.05. The second kappa shape index (κ2) is 6.91. The minimum absolute atomic E-state index is 0.280. The lowest BCUT2D eigenvalue weighted by atomic mass is 10.1. The third-order valence-corrected chi connectivity index (χ3v) is 3.68. The molecule has 0 saturated heterocycles. The van der Waals surface area contributed by atoms with Gasteiger partial charge in [-0.1, -0.05) is 24.3 Å². The maximum absolute atomic E-state index is 12.4. The Hall–Kier alpha value is -3.21. The second-order valence-corrected chi connectivity index (χ2v) is 5.43. The predicted molar refractivity (Wildman–Crippen MR) is 93.7 cm³/mol. The molecule has 0 saturated carbocycles. The molecular weight excluding hydrogens is 302 g/mol. The number of aromatic nitrogens is 1. The van der Waals surface area contributed by atoms with Crippen molar-refractivity contribution in [2.75, 3.05) is 5.32 Å². The van der Waals surface area contributed by atoms with Crippen molar-refractivity contribution in [1.82, 2.24) is 10.3 Å². The van der Waals surface area contributed by atoms with Crippen molar-refractivity contribution in [3.05, 3.63) is 72.4 Å². The number of amides is 2. The predicted octanol–water partition coefficient (Wildman–Crippen LogP) is 2.99. The minimum Gasteiger partial charge on any atom is -0.341 e. The Balaban J connectivity index is 1.71. The largest absolute Gasteiger partial charge is 0.341 e. The van der Waals surface area contributed by atoms with Gasteiger partial charge in [0.05, 0.1) is 11.2 Å². The Bertz CT molecular complexity index is 873. The van der Waals surface area contributed by atoms with Crippen LogP contribution in [0.4, 0.5) is 5.69 Å². The molecule has 0 aliphatic carbocycles. The molecule has 0 bridgehead atoms. The van der Waals surface area contributed by atoms with Gasteiger partial charge >= 0.3 is 0 Å². The van der Waals surface area contributed by atoms with Crippen molar-refractivity contribution in [3.63, 3.8) is 0 Å². The van der Waals surface area contributed by atoms with E-state index in [-0.39, 0.29) is 11.8 Å². The molecule has 3 aromatic rings. The first kappa shape index (κ1) is 15.7. The summed E-state index contributed by atoms with van der Waals surface area (Å²) in [4.78, 5) is 28.8. The Labute approximate surface area is 139 Å². The summed E-state index contributed by atoms with van der Waals surface area (Å²) in [6.07, 6.45) is 1.71. The summed E-state index contributed by atoms with van der Waals surface area (Å²) in [6, 6.07) is 17.4. The number of hydrogen-bond acceptors (Lipinski definition) is 3. The summed E-state index contributed by atoms with van der Waals surface area (Å²) < 4.78 is 0. The Morgan fingerprint density at radius 2 is 1.75 bits per heavy atom. The molecular formula is C19H17N3O2. The summed E-state index contributed by atoms with van der Waals surface area (Å²) in [5, 5.41) is 6.40. The lowest BCUT2D eigenvalue weighted by Gasteiger charge is -2.15. The number of nitrogens with one attached hydrogen (secondary N) is 2. The molecule has 2 amide bonds. The van der Waals surface area contributed by atoms with Crippen LogP contribution < -0.4 is 10.6 Å². The van der Waals surface area contributed by atoms with Gasteiger partial charge in [-0.3, -0.25) is 14.6 Å². The summed E-state index contributed by atoms with van der Waals surface area (Å²) in [5.41, 5.74) is 1.99. The molecule has 1 unspecified atom stereocenters. The molecule has 0 radical (unpaired) electrons. The van der Waals surface area contributed by atoms with Gasteiger partial charge in [0, 0.05) is 17.1 Å². The normalized spacial score (nSPS) is 11.7. The van der Waals surface area contributed by atoms with Crippen molar-refractivity contribution < 1.29 is 9.59 Å². The van der Waals surface area contributed by atoms with Crippen LogP contribution in [0.1, 0.15) is 17.3 Å². The molecule has 2 N–H and O–H groups in total. The van der Waals surface area contributed by atoms with Crippen LogP contribution in [-0.2, 0) is 4.79 Å². The number of rotatable bonds is 4. The van der Waals surface area contributed by atoms with Gasteiger partial charge in [0.15, 0.2) is 0 Å². The van der Waals surface area contributed by atoms with E-state index in [4.69, 9.17) is 0 Å². The molecule has 24 heavy (non-hydrogen) atoms. The van der Waals surface area contributed by atoms with Crippen molar-refractivity contribution in [2.45, 2.75) is 13.0 Å². The molecule has 3 rings (SSSR count). The van der Waals surface area contributed by atoms with E-state index in [0.717, 1.165) is 10.9 Å². The van der Waals surface area contributed by atoms with Gasteiger partial charge in [0.2, 0.25) is 5.91 Å². The van der Waals surface area contributed by atoms with Crippen molar-refractivity contribution in [1.29, 1.82) is 0 Å². The Morgan fingerprint density at radius 3 is 2.54 bits per heavy atom. The van der Waals surface area contributed by atoms with Crippen LogP contribution in [0.5, 0.6) is 0 Å². The molecule has 0 fully saturated rings. The molecule has 120 valence electrons. The van der Waals surface area contributed by atoms with E-state index in [0.29, 0.717) is 11.3 Å². The van der Waals surface area contributed by atoms with Crippen LogP contribution in [-0.4, -0.2) is 22.8 Å². The Morgan fingerprint density at radius 1 is 0.958 bits per heavy atom. The third kappa shape index (κ3) is 3.41. The topological polar surface area (TPSA) is 71.1 Å². The highest BCUT2D eigenvalue weighted by atomic mass is 16.2. The standard InChI is InChI=1S/C19H17N3O2/c1-13(21-19(24)14-7-3-2-4-8-14)18(23)22-17-11-5-10-16-15(17)9-6-12-20-16/h2-13H,1H3,(H,21,24)(H,22,23). The average molecular weight is 319 g/mol. The van der Waals surface area contributed by atoms with E-state index in [1.54, 1.807) is 37.4 Å². The summed E-state index contributed by atoms with van der Waals surface area (Å²) in [7, 11) is 0. The van der Waals surface area contributed by atoms with Crippen LogP contribution in [0.3, 0.4) is 0 Å². The van der Waals surface area contributed by atoms with Crippen LogP contribution >= 0.6 is 0 Å². The molecule has 5 heteroatoms. The number of hydrogen-bond donors (Lipinski definition) is 2. The maximum Gasteiger partial charge on any atom is 0.251 e. The summed E-state index contributed by atoms with van der Waals surface area (Å²) in [6.45, 7) is 1.65. The van der Waals surface area contributed by atoms with Crippen LogP contribution in [0.15, 0.2) is 66.9 Å². The van der Waals surface area contributed by atoms with Gasteiger partial charge in [-0.15, -0.1) is 0 Å². The molecule has 2 aromatic carbocycles. The molecule has 5 nitrogen and oxygen atoms in total. The van der Waals surface area contributed by atoms with Crippen LogP contribution in [0.25, 0.3) is 10.9 Å².